The molecule has 0 aliphatic carbocycles. The summed E-state index contributed by atoms with van der Waals surface area (Å²) in [6.45, 7) is 3.07. The quantitative estimate of drug-likeness (QED) is 0.232. The van der Waals surface area contributed by atoms with E-state index in [0.717, 1.165) is 17.4 Å². The van der Waals surface area contributed by atoms with Crippen molar-refractivity contribution in [1.82, 2.24) is 4.90 Å². The Bertz CT molecular complexity index is 229. The fraction of sp³-hybridized carbons (Fsp3) is 0.714. The van der Waals surface area contributed by atoms with Crippen molar-refractivity contribution in [2.75, 3.05) is 32.1 Å². The highest BCUT2D eigenvalue weighted by molar-refractivity contribution is 8.23. The lowest BCUT2D eigenvalue weighted by molar-refractivity contribution is 0.0702. The molecule has 3 N–H and O–H groups in total. The van der Waals surface area contributed by atoms with Gasteiger partial charge in [0.2, 0.25) is 0 Å². The third-order valence-corrected chi connectivity index (χ3v) is 3.30. The van der Waals surface area contributed by atoms with E-state index in [1.807, 2.05) is 0 Å². The summed E-state index contributed by atoms with van der Waals surface area (Å²) in [5.74, 6) is 0.609. The summed E-state index contributed by atoms with van der Waals surface area (Å²) in [5, 5.41) is 11.2. The summed E-state index contributed by atoms with van der Waals surface area (Å²) < 4.78 is 5.98. The lowest BCUT2D eigenvalue weighted by atomic mass is 10.5. The summed E-state index contributed by atoms with van der Waals surface area (Å²) >= 11 is 6.58. The molecule has 1 saturated heterocycles. The average Bonchev–Trinajstić information content (AvgIpc) is 2.26. The molecule has 0 radical (unpaired) electrons. The Balaban J connectivity index is 2.26. The minimum absolute atomic E-state index is 0.186. The van der Waals surface area contributed by atoms with Crippen molar-refractivity contribution in [2.24, 2.45) is 10.9 Å². The van der Waals surface area contributed by atoms with Gasteiger partial charge in [-0.2, -0.15) is 0 Å². The molecule has 14 heavy (non-hydrogen) atoms. The van der Waals surface area contributed by atoms with Crippen LogP contribution in [-0.4, -0.2) is 52.3 Å². The van der Waals surface area contributed by atoms with Crippen molar-refractivity contribution in [2.45, 2.75) is 0 Å². The monoisotopic (exact) mass is 235 g/mol. The molecule has 1 fully saturated rings. The summed E-state index contributed by atoms with van der Waals surface area (Å²) in [6.07, 6.45) is 0. The fourth-order valence-corrected chi connectivity index (χ4v) is 2.06. The summed E-state index contributed by atoms with van der Waals surface area (Å²) in [6, 6.07) is 0. The van der Waals surface area contributed by atoms with Gasteiger partial charge in [0.05, 0.1) is 19.0 Å². The lowest BCUT2D eigenvalue weighted by Gasteiger charge is -2.28. The molecular weight excluding hydrogens is 222 g/mol. The Kier molecular flexibility index (Phi) is 4.99. The van der Waals surface area contributed by atoms with Crippen LogP contribution >= 0.6 is 24.0 Å². The number of morpholine rings is 1. The third-order valence-electron chi connectivity index (χ3n) is 1.74. The number of amidine groups is 1. The predicted molar refractivity (Wildman–Crippen MR) is 60.9 cm³/mol. The Morgan fingerprint density at radius 1 is 1.57 bits per heavy atom. The number of nitrogens with two attached hydrogens (primary N) is 1. The Labute approximate surface area is 92.3 Å². The van der Waals surface area contributed by atoms with E-state index >= 15 is 0 Å². The number of nitrogens with zero attached hydrogens (tertiary/aromatic N) is 2. The van der Waals surface area contributed by atoms with Crippen LogP contribution in [0.3, 0.4) is 0 Å². The number of ether oxygens (including phenoxy) is 1. The normalized spacial score (nSPS) is 18.3. The highest BCUT2D eigenvalue weighted by Crippen LogP contribution is 2.10. The van der Waals surface area contributed by atoms with E-state index in [0.29, 0.717) is 19.0 Å². The van der Waals surface area contributed by atoms with Gasteiger partial charge >= 0.3 is 0 Å². The van der Waals surface area contributed by atoms with Crippen molar-refractivity contribution in [3.63, 3.8) is 0 Å². The zero-order valence-corrected chi connectivity index (χ0v) is 9.31. The van der Waals surface area contributed by atoms with Crippen molar-refractivity contribution in [3.05, 3.63) is 0 Å². The molecule has 0 atom stereocenters. The molecule has 0 spiro atoms. The van der Waals surface area contributed by atoms with Crippen molar-refractivity contribution in [1.29, 1.82) is 0 Å². The molecule has 1 heterocycles. The Morgan fingerprint density at radius 2 is 2.21 bits per heavy atom. The van der Waals surface area contributed by atoms with Crippen LogP contribution < -0.4 is 5.73 Å². The second-order valence-corrected chi connectivity index (χ2v) is 4.35. The minimum Gasteiger partial charge on any atom is -0.409 e. The molecule has 80 valence electrons. The molecule has 0 bridgehead atoms. The molecule has 0 amide bonds. The Hall–Kier alpha value is -0.530. The molecule has 0 unspecified atom stereocenters. The molecule has 5 nitrogen and oxygen atoms in total. The molecular formula is C7H13N3O2S2. The number of hydrogen-bond donors (Lipinski definition) is 2. The van der Waals surface area contributed by atoms with Gasteiger partial charge in [0.1, 0.15) is 10.2 Å². The molecule has 0 aromatic heterocycles. The predicted octanol–water partition coefficient (Wildman–Crippen LogP) is 0.0831. The molecule has 0 aromatic rings. The van der Waals surface area contributed by atoms with E-state index in [1.165, 1.54) is 11.8 Å². The van der Waals surface area contributed by atoms with Gasteiger partial charge in [0.15, 0.2) is 0 Å². The lowest BCUT2D eigenvalue weighted by Crippen LogP contribution is -2.39. The van der Waals surface area contributed by atoms with Gasteiger partial charge in [-0.1, -0.05) is 29.1 Å². The number of oxime groups is 1. The van der Waals surface area contributed by atoms with Gasteiger partial charge in [0.25, 0.3) is 0 Å². The van der Waals surface area contributed by atoms with Gasteiger partial charge < -0.3 is 20.6 Å². The fourth-order valence-electron chi connectivity index (χ4n) is 1.00. The topological polar surface area (TPSA) is 71.1 Å². The smallest absolute Gasteiger partial charge is 0.149 e. The first-order valence-electron chi connectivity index (χ1n) is 4.20. The van der Waals surface area contributed by atoms with E-state index < -0.39 is 0 Å². The van der Waals surface area contributed by atoms with Gasteiger partial charge in [-0.05, 0) is 0 Å². The zero-order chi connectivity index (χ0) is 10.4. The molecule has 1 aliphatic rings. The second-order valence-electron chi connectivity index (χ2n) is 2.75. The van der Waals surface area contributed by atoms with E-state index in [9.17, 15) is 0 Å². The van der Waals surface area contributed by atoms with Crippen molar-refractivity contribution < 1.29 is 9.94 Å². The maximum absolute atomic E-state index is 8.33. The van der Waals surface area contributed by atoms with E-state index in [1.54, 1.807) is 0 Å². The van der Waals surface area contributed by atoms with Crippen molar-refractivity contribution in [3.8, 4) is 0 Å². The van der Waals surface area contributed by atoms with Gasteiger partial charge in [-0.15, -0.1) is 0 Å². The first-order chi connectivity index (χ1) is 6.74. The molecule has 1 aliphatic heterocycles. The van der Waals surface area contributed by atoms with Crippen LogP contribution in [-0.2, 0) is 4.74 Å². The average molecular weight is 235 g/mol. The number of thiocarbonyl (C=S) groups is 1. The molecule has 7 heteroatoms. The maximum atomic E-state index is 8.33. The van der Waals surface area contributed by atoms with E-state index in [-0.39, 0.29) is 5.84 Å². The first kappa shape index (κ1) is 11.5. The highest BCUT2D eigenvalue weighted by atomic mass is 32.2. The maximum Gasteiger partial charge on any atom is 0.149 e. The largest absolute Gasteiger partial charge is 0.409 e. The third kappa shape index (κ3) is 3.69. The van der Waals surface area contributed by atoms with E-state index in [2.05, 4.69) is 10.1 Å². The Morgan fingerprint density at radius 3 is 2.79 bits per heavy atom. The van der Waals surface area contributed by atoms with Crippen LogP contribution in [0.25, 0.3) is 0 Å². The molecule has 0 saturated carbocycles. The minimum atomic E-state index is 0.186. The van der Waals surface area contributed by atoms with Crippen LogP contribution in [0.5, 0.6) is 0 Å². The van der Waals surface area contributed by atoms with Crippen LogP contribution in [0, 0.1) is 0 Å². The molecule has 1 rings (SSSR count). The molecule has 0 aromatic carbocycles. The van der Waals surface area contributed by atoms with Gasteiger partial charge in [-0.3, -0.25) is 0 Å². The van der Waals surface area contributed by atoms with Gasteiger partial charge in [-0.25, -0.2) is 0 Å². The summed E-state index contributed by atoms with van der Waals surface area (Å²) in [4.78, 5) is 2.06. The SMILES string of the molecule is N/C(CSC(=S)N1CCOCC1)=N/O. The van der Waals surface area contributed by atoms with Gasteiger partial charge in [0, 0.05) is 13.1 Å². The van der Waals surface area contributed by atoms with Crippen LogP contribution in [0.1, 0.15) is 0 Å². The van der Waals surface area contributed by atoms with E-state index in [4.69, 9.17) is 27.9 Å². The number of hydrogen-bond acceptors (Lipinski definition) is 5. The number of rotatable bonds is 2. The summed E-state index contributed by atoms with van der Waals surface area (Å²) in [5.41, 5.74) is 5.33. The summed E-state index contributed by atoms with van der Waals surface area (Å²) in [7, 11) is 0. The zero-order valence-electron chi connectivity index (χ0n) is 7.68. The standard InChI is InChI=1S/C7H13N3O2S2/c8-6(9-11)5-14-7(13)10-1-3-12-4-2-10/h11H,1-5H2,(H2,8,9). The first-order valence-corrected chi connectivity index (χ1v) is 5.59. The van der Waals surface area contributed by atoms with Crippen molar-refractivity contribution >= 4 is 34.1 Å². The number of thioether (sulfide) groups is 1. The van der Waals surface area contributed by atoms with Crippen LogP contribution in [0.15, 0.2) is 5.16 Å². The second kappa shape index (κ2) is 6.05. The van der Waals surface area contributed by atoms with Crippen LogP contribution in [0.2, 0.25) is 0 Å². The highest BCUT2D eigenvalue weighted by Gasteiger charge is 2.14. The van der Waals surface area contributed by atoms with Crippen LogP contribution in [0.4, 0.5) is 0 Å².